The molecule has 2 unspecified atom stereocenters. The van der Waals surface area contributed by atoms with E-state index in [1.807, 2.05) is 24.3 Å². The Balaban J connectivity index is 1.84. The van der Waals surface area contributed by atoms with Crippen LogP contribution in [0.1, 0.15) is 24.4 Å². The van der Waals surface area contributed by atoms with Crippen LogP contribution in [0.15, 0.2) is 30.5 Å². The Hall–Kier alpha value is -1.20. The molecule has 112 valence electrons. The van der Waals surface area contributed by atoms with Crippen molar-refractivity contribution in [2.75, 3.05) is 19.7 Å². The molecule has 1 aromatic heterocycles. The molecule has 3 N–H and O–H groups in total. The van der Waals surface area contributed by atoms with Crippen molar-refractivity contribution in [2.24, 2.45) is 5.73 Å². The Morgan fingerprint density at radius 1 is 1.43 bits per heavy atom. The smallest absolute Gasteiger partial charge is 0.0765 e. The van der Waals surface area contributed by atoms with Crippen molar-refractivity contribution < 1.29 is 4.74 Å². The van der Waals surface area contributed by atoms with Crippen LogP contribution in [-0.4, -0.2) is 30.8 Å². The number of ether oxygens (including phenoxy) is 1. The van der Waals surface area contributed by atoms with Crippen LogP contribution in [0.25, 0.3) is 10.9 Å². The summed E-state index contributed by atoms with van der Waals surface area (Å²) >= 11 is 6.25. The Morgan fingerprint density at radius 2 is 2.33 bits per heavy atom. The molecule has 2 heterocycles. The summed E-state index contributed by atoms with van der Waals surface area (Å²) in [5.41, 5.74) is 7.96. The van der Waals surface area contributed by atoms with E-state index in [9.17, 15) is 0 Å². The van der Waals surface area contributed by atoms with Crippen molar-refractivity contribution in [3.63, 3.8) is 0 Å². The molecular weight excluding hydrogens is 286 g/mol. The van der Waals surface area contributed by atoms with E-state index in [2.05, 4.69) is 10.3 Å². The Labute approximate surface area is 129 Å². The van der Waals surface area contributed by atoms with Crippen LogP contribution < -0.4 is 11.1 Å². The minimum absolute atomic E-state index is 0.0591. The molecule has 0 amide bonds. The average Bonchev–Trinajstić information content (AvgIpc) is 3.03. The number of fused-ring (bicyclic) bond motifs is 1. The number of hydrogen-bond acceptors (Lipinski definition) is 4. The molecule has 1 aliphatic heterocycles. The summed E-state index contributed by atoms with van der Waals surface area (Å²) < 4.78 is 5.65. The third-order valence-electron chi connectivity index (χ3n) is 3.97. The first kappa shape index (κ1) is 14.7. The maximum Gasteiger partial charge on any atom is 0.0765 e. The van der Waals surface area contributed by atoms with E-state index in [4.69, 9.17) is 22.1 Å². The van der Waals surface area contributed by atoms with Crippen LogP contribution >= 0.6 is 11.6 Å². The lowest BCUT2D eigenvalue weighted by Gasteiger charge is -2.21. The van der Waals surface area contributed by atoms with Crippen molar-refractivity contribution in [3.05, 3.63) is 41.0 Å². The second-order valence-corrected chi connectivity index (χ2v) is 5.77. The highest BCUT2D eigenvalue weighted by atomic mass is 35.5. The van der Waals surface area contributed by atoms with Crippen LogP contribution in [0.2, 0.25) is 5.02 Å². The fourth-order valence-electron chi connectivity index (χ4n) is 2.84. The highest BCUT2D eigenvalue weighted by Gasteiger charge is 2.19. The maximum atomic E-state index is 6.25. The van der Waals surface area contributed by atoms with Gasteiger partial charge in [-0.1, -0.05) is 17.7 Å². The summed E-state index contributed by atoms with van der Waals surface area (Å²) in [6.45, 7) is 2.20. The lowest BCUT2D eigenvalue weighted by molar-refractivity contribution is 0.107. The quantitative estimate of drug-likeness (QED) is 0.891. The van der Waals surface area contributed by atoms with Crippen molar-refractivity contribution in [2.45, 2.75) is 25.0 Å². The van der Waals surface area contributed by atoms with Gasteiger partial charge in [-0.3, -0.25) is 4.98 Å². The molecule has 4 nitrogen and oxygen atoms in total. The third kappa shape index (κ3) is 3.19. The first-order chi connectivity index (χ1) is 10.3. The monoisotopic (exact) mass is 305 g/mol. The fourth-order valence-corrected chi connectivity index (χ4v) is 3.06. The first-order valence-electron chi connectivity index (χ1n) is 7.38. The molecular formula is C16H20ClN3O. The second kappa shape index (κ2) is 6.71. The van der Waals surface area contributed by atoms with Crippen LogP contribution in [0.5, 0.6) is 0 Å². The van der Waals surface area contributed by atoms with Crippen molar-refractivity contribution >= 4 is 22.5 Å². The summed E-state index contributed by atoms with van der Waals surface area (Å²) in [7, 11) is 0. The van der Waals surface area contributed by atoms with Crippen LogP contribution in [-0.2, 0) is 4.74 Å². The van der Waals surface area contributed by atoms with E-state index < -0.39 is 0 Å². The van der Waals surface area contributed by atoms with Gasteiger partial charge in [0.1, 0.15) is 0 Å². The van der Waals surface area contributed by atoms with Gasteiger partial charge in [0.25, 0.3) is 0 Å². The summed E-state index contributed by atoms with van der Waals surface area (Å²) in [4.78, 5) is 4.48. The van der Waals surface area contributed by atoms with Crippen LogP contribution in [0.4, 0.5) is 0 Å². The molecule has 3 rings (SSSR count). The standard InChI is InChI=1S/C16H20ClN3O/c17-14-6-5-13(16-12(14)4-1-7-19-16)15(9-18)20-10-11-3-2-8-21-11/h1,4-7,11,15,20H,2-3,8-10,18H2. The Morgan fingerprint density at radius 3 is 3.10 bits per heavy atom. The van der Waals surface area contributed by atoms with E-state index in [1.54, 1.807) is 6.20 Å². The van der Waals surface area contributed by atoms with Crippen molar-refractivity contribution in [1.29, 1.82) is 0 Å². The van der Waals surface area contributed by atoms with Gasteiger partial charge in [-0.15, -0.1) is 0 Å². The van der Waals surface area contributed by atoms with Gasteiger partial charge in [0.05, 0.1) is 11.6 Å². The molecule has 1 aliphatic rings. The molecule has 2 atom stereocenters. The number of halogens is 1. The molecule has 5 heteroatoms. The van der Waals surface area contributed by atoms with Gasteiger partial charge in [-0.2, -0.15) is 0 Å². The van der Waals surface area contributed by atoms with E-state index in [-0.39, 0.29) is 6.04 Å². The number of rotatable bonds is 5. The zero-order valence-electron chi connectivity index (χ0n) is 11.9. The number of aromatic nitrogens is 1. The van der Waals surface area contributed by atoms with E-state index in [1.165, 1.54) is 0 Å². The molecule has 0 saturated carbocycles. The van der Waals surface area contributed by atoms with Crippen LogP contribution in [0.3, 0.4) is 0 Å². The number of pyridine rings is 1. The first-order valence-corrected chi connectivity index (χ1v) is 7.75. The van der Waals surface area contributed by atoms with Gasteiger partial charge in [-0.25, -0.2) is 0 Å². The van der Waals surface area contributed by atoms with Gasteiger partial charge in [0, 0.05) is 42.3 Å². The molecule has 2 aromatic rings. The number of nitrogens with zero attached hydrogens (tertiary/aromatic N) is 1. The average molecular weight is 306 g/mol. The minimum Gasteiger partial charge on any atom is -0.377 e. The van der Waals surface area contributed by atoms with E-state index in [0.717, 1.165) is 47.5 Å². The van der Waals surface area contributed by atoms with Gasteiger partial charge >= 0.3 is 0 Å². The number of nitrogens with two attached hydrogens (primary N) is 1. The minimum atomic E-state index is 0.0591. The zero-order chi connectivity index (χ0) is 14.7. The fraction of sp³-hybridized carbons (Fsp3) is 0.438. The maximum absolute atomic E-state index is 6.25. The summed E-state index contributed by atoms with van der Waals surface area (Å²) in [5.74, 6) is 0. The zero-order valence-corrected chi connectivity index (χ0v) is 12.6. The molecule has 1 aromatic carbocycles. The number of benzene rings is 1. The molecule has 1 fully saturated rings. The summed E-state index contributed by atoms with van der Waals surface area (Å²) in [6.07, 6.45) is 4.34. The van der Waals surface area contributed by atoms with E-state index in [0.29, 0.717) is 12.6 Å². The molecule has 0 aliphatic carbocycles. The topological polar surface area (TPSA) is 60.2 Å². The highest BCUT2D eigenvalue weighted by molar-refractivity contribution is 6.35. The Bertz CT molecular complexity index is 613. The highest BCUT2D eigenvalue weighted by Crippen LogP contribution is 2.28. The summed E-state index contributed by atoms with van der Waals surface area (Å²) in [5, 5.41) is 5.19. The van der Waals surface area contributed by atoms with Gasteiger partial charge < -0.3 is 15.8 Å². The van der Waals surface area contributed by atoms with Gasteiger partial charge in [0.15, 0.2) is 0 Å². The Kier molecular flexibility index (Phi) is 4.70. The van der Waals surface area contributed by atoms with Gasteiger partial charge in [0.2, 0.25) is 0 Å². The molecule has 0 radical (unpaired) electrons. The predicted molar refractivity (Wildman–Crippen MR) is 85.5 cm³/mol. The van der Waals surface area contributed by atoms with E-state index >= 15 is 0 Å². The molecule has 0 bridgehead atoms. The normalized spacial score (nSPS) is 20.0. The van der Waals surface area contributed by atoms with Crippen molar-refractivity contribution in [1.82, 2.24) is 10.3 Å². The summed E-state index contributed by atoms with van der Waals surface area (Å²) in [6, 6.07) is 7.87. The lowest BCUT2D eigenvalue weighted by Crippen LogP contribution is -2.34. The largest absolute Gasteiger partial charge is 0.377 e. The van der Waals surface area contributed by atoms with Crippen LogP contribution in [0, 0.1) is 0 Å². The third-order valence-corrected chi connectivity index (χ3v) is 4.30. The second-order valence-electron chi connectivity index (χ2n) is 5.37. The SMILES string of the molecule is NCC(NCC1CCCO1)c1ccc(Cl)c2cccnc12. The van der Waals surface area contributed by atoms with Gasteiger partial charge in [-0.05, 0) is 36.6 Å². The predicted octanol–water partition coefficient (Wildman–Crippen LogP) is 2.66. The van der Waals surface area contributed by atoms with Crippen molar-refractivity contribution in [3.8, 4) is 0 Å². The number of nitrogens with one attached hydrogen (secondary N) is 1. The molecule has 1 saturated heterocycles. The lowest BCUT2D eigenvalue weighted by atomic mass is 10.0. The molecule has 21 heavy (non-hydrogen) atoms. The molecule has 0 spiro atoms. The number of hydrogen-bond donors (Lipinski definition) is 2.